The van der Waals surface area contributed by atoms with Crippen LogP contribution in [0, 0.1) is 0 Å². The second-order valence-corrected chi connectivity index (χ2v) is 5.91. The van der Waals surface area contributed by atoms with Gasteiger partial charge >= 0.3 is 0 Å². The lowest BCUT2D eigenvalue weighted by Gasteiger charge is -2.20. The van der Waals surface area contributed by atoms with E-state index < -0.39 is 10.0 Å². The average Bonchev–Trinajstić information content (AvgIpc) is 2.89. The maximum atomic E-state index is 12.1. The number of hydrogen-bond acceptors (Lipinski definition) is 3. The molecule has 0 radical (unpaired) electrons. The van der Waals surface area contributed by atoms with Crippen molar-refractivity contribution in [3.63, 3.8) is 0 Å². The summed E-state index contributed by atoms with van der Waals surface area (Å²) in [6.07, 6.45) is 4.79. The Morgan fingerprint density at radius 2 is 2.47 bits per heavy atom. The van der Waals surface area contributed by atoms with Crippen molar-refractivity contribution in [3.05, 3.63) is 12.4 Å². The molecule has 7 heteroatoms. The van der Waals surface area contributed by atoms with E-state index in [1.807, 2.05) is 0 Å². The molecule has 2 rings (SSSR count). The van der Waals surface area contributed by atoms with Crippen LogP contribution in [0.4, 0.5) is 0 Å². The lowest BCUT2D eigenvalue weighted by Crippen LogP contribution is -2.36. The molecule has 0 bridgehead atoms. The molecule has 0 saturated carbocycles. The van der Waals surface area contributed by atoms with Gasteiger partial charge in [0.15, 0.2) is 0 Å². The number of aromatic nitrogens is 2. The number of rotatable bonds is 3. The smallest absolute Gasteiger partial charge is 0.277 e. The SMILES string of the molecule is O=S(=O)(c1ncc[nH]1)N1CCCC1CBr. The highest BCUT2D eigenvalue weighted by atomic mass is 79.9. The van der Waals surface area contributed by atoms with Gasteiger partial charge in [-0.25, -0.2) is 13.4 Å². The molecule has 1 aromatic rings. The third kappa shape index (κ3) is 1.95. The van der Waals surface area contributed by atoms with Crippen LogP contribution in [0.2, 0.25) is 0 Å². The van der Waals surface area contributed by atoms with Crippen molar-refractivity contribution in [1.82, 2.24) is 14.3 Å². The number of sulfonamides is 1. The summed E-state index contributed by atoms with van der Waals surface area (Å²) < 4.78 is 25.7. The van der Waals surface area contributed by atoms with Crippen molar-refractivity contribution in [1.29, 1.82) is 0 Å². The van der Waals surface area contributed by atoms with Gasteiger partial charge < -0.3 is 4.98 Å². The highest BCUT2D eigenvalue weighted by molar-refractivity contribution is 9.09. The number of halogens is 1. The number of nitrogens with zero attached hydrogens (tertiary/aromatic N) is 2. The van der Waals surface area contributed by atoms with E-state index in [2.05, 4.69) is 25.9 Å². The van der Waals surface area contributed by atoms with Gasteiger partial charge in [-0.3, -0.25) is 0 Å². The molecule has 1 unspecified atom stereocenters. The summed E-state index contributed by atoms with van der Waals surface area (Å²) in [5.41, 5.74) is 0. The van der Waals surface area contributed by atoms with Gasteiger partial charge in [0.1, 0.15) is 0 Å². The molecule has 1 aliphatic heterocycles. The Hall–Kier alpha value is -0.400. The first-order valence-corrected chi connectivity index (χ1v) is 7.29. The van der Waals surface area contributed by atoms with Crippen LogP contribution < -0.4 is 0 Å². The predicted molar refractivity (Wildman–Crippen MR) is 59.3 cm³/mol. The number of hydrogen-bond donors (Lipinski definition) is 1. The van der Waals surface area contributed by atoms with Gasteiger partial charge in [-0.2, -0.15) is 4.31 Å². The van der Waals surface area contributed by atoms with Crippen LogP contribution in [0.15, 0.2) is 17.6 Å². The number of nitrogens with one attached hydrogen (secondary N) is 1. The van der Waals surface area contributed by atoms with Gasteiger partial charge in [-0.15, -0.1) is 0 Å². The fourth-order valence-corrected chi connectivity index (χ4v) is 4.22. The van der Waals surface area contributed by atoms with Crippen molar-refractivity contribution >= 4 is 26.0 Å². The molecule has 1 atom stereocenters. The van der Waals surface area contributed by atoms with Crippen LogP contribution in [-0.4, -0.2) is 40.6 Å². The van der Waals surface area contributed by atoms with Gasteiger partial charge in [-0.05, 0) is 12.8 Å². The fraction of sp³-hybridized carbons (Fsp3) is 0.625. The van der Waals surface area contributed by atoms with Crippen LogP contribution in [0.3, 0.4) is 0 Å². The highest BCUT2D eigenvalue weighted by Gasteiger charge is 2.35. The van der Waals surface area contributed by atoms with Crippen LogP contribution in [-0.2, 0) is 10.0 Å². The zero-order valence-electron chi connectivity index (χ0n) is 8.06. The molecule has 15 heavy (non-hydrogen) atoms. The van der Waals surface area contributed by atoms with Crippen molar-refractivity contribution in [2.75, 3.05) is 11.9 Å². The molecule has 0 amide bonds. The Morgan fingerprint density at radius 1 is 1.67 bits per heavy atom. The minimum atomic E-state index is -3.42. The first-order valence-electron chi connectivity index (χ1n) is 4.73. The standard InChI is InChI=1S/C8H12BrN3O2S/c9-6-7-2-1-5-12(7)15(13,14)8-10-3-4-11-8/h3-4,7H,1-2,5-6H2,(H,10,11). The summed E-state index contributed by atoms with van der Waals surface area (Å²) in [5, 5.41) is 0.711. The van der Waals surface area contributed by atoms with Gasteiger partial charge in [0.25, 0.3) is 10.0 Å². The molecule has 1 N–H and O–H groups in total. The summed E-state index contributed by atoms with van der Waals surface area (Å²) >= 11 is 3.34. The second kappa shape index (κ2) is 4.23. The minimum Gasteiger partial charge on any atom is -0.334 e. The van der Waals surface area contributed by atoms with E-state index in [1.54, 1.807) is 0 Å². The van der Waals surface area contributed by atoms with E-state index in [1.165, 1.54) is 16.7 Å². The Kier molecular flexibility index (Phi) is 3.13. The zero-order chi connectivity index (χ0) is 10.9. The summed E-state index contributed by atoms with van der Waals surface area (Å²) in [5.74, 6) is 0. The first kappa shape index (κ1) is 11.1. The Labute approximate surface area is 97.1 Å². The van der Waals surface area contributed by atoms with Crippen molar-refractivity contribution in [3.8, 4) is 0 Å². The van der Waals surface area contributed by atoms with Gasteiger partial charge in [0, 0.05) is 30.3 Å². The second-order valence-electron chi connectivity index (χ2n) is 3.46. The zero-order valence-corrected chi connectivity index (χ0v) is 10.5. The van der Waals surface area contributed by atoms with Crippen molar-refractivity contribution < 1.29 is 8.42 Å². The van der Waals surface area contributed by atoms with E-state index in [0.717, 1.165) is 12.8 Å². The molecule has 0 spiro atoms. The molecule has 0 aliphatic carbocycles. The molecule has 1 aromatic heterocycles. The highest BCUT2D eigenvalue weighted by Crippen LogP contribution is 2.25. The van der Waals surface area contributed by atoms with Crippen LogP contribution >= 0.6 is 15.9 Å². The molecule has 84 valence electrons. The normalized spacial score (nSPS) is 23.4. The summed E-state index contributed by atoms with van der Waals surface area (Å²) in [4.78, 5) is 6.44. The lowest BCUT2D eigenvalue weighted by atomic mass is 10.3. The van der Waals surface area contributed by atoms with Crippen LogP contribution in [0.25, 0.3) is 0 Å². The van der Waals surface area contributed by atoms with Gasteiger partial charge in [0.2, 0.25) is 5.16 Å². The first-order chi connectivity index (χ1) is 7.16. The molecule has 1 aliphatic rings. The maximum absolute atomic E-state index is 12.1. The molecular formula is C8H12BrN3O2S. The fourth-order valence-electron chi connectivity index (χ4n) is 1.78. The molecule has 1 saturated heterocycles. The Balaban J connectivity index is 2.30. The van der Waals surface area contributed by atoms with Crippen LogP contribution in [0.1, 0.15) is 12.8 Å². The summed E-state index contributed by atoms with van der Waals surface area (Å²) in [7, 11) is -3.42. The average molecular weight is 294 g/mol. The topological polar surface area (TPSA) is 66.1 Å². The molecule has 5 nitrogen and oxygen atoms in total. The lowest BCUT2D eigenvalue weighted by molar-refractivity contribution is 0.410. The van der Waals surface area contributed by atoms with Gasteiger partial charge in [0.05, 0.1) is 0 Å². The Morgan fingerprint density at radius 3 is 3.07 bits per heavy atom. The van der Waals surface area contributed by atoms with Crippen LogP contribution in [0.5, 0.6) is 0 Å². The monoisotopic (exact) mass is 293 g/mol. The van der Waals surface area contributed by atoms with Crippen molar-refractivity contribution in [2.45, 2.75) is 24.0 Å². The third-order valence-corrected chi connectivity index (χ3v) is 5.08. The quantitative estimate of drug-likeness (QED) is 0.844. The van der Waals surface area contributed by atoms with E-state index in [-0.39, 0.29) is 11.2 Å². The Bertz CT molecular complexity index is 417. The third-order valence-electron chi connectivity index (χ3n) is 2.53. The van der Waals surface area contributed by atoms with E-state index in [0.29, 0.717) is 11.9 Å². The summed E-state index contributed by atoms with van der Waals surface area (Å²) in [6.45, 7) is 0.583. The van der Waals surface area contributed by atoms with E-state index in [4.69, 9.17) is 0 Å². The minimum absolute atomic E-state index is 0.0374. The van der Waals surface area contributed by atoms with Gasteiger partial charge in [-0.1, -0.05) is 15.9 Å². The predicted octanol–water partition coefficient (Wildman–Crippen LogP) is 0.958. The molecular weight excluding hydrogens is 282 g/mol. The maximum Gasteiger partial charge on any atom is 0.277 e. The molecule has 0 aromatic carbocycles. The molecule has 2 heterocycles. The largest absolute Gasteiger partial charge is 0.334 e. The molecule has 1 fully saturated rings. The number of imidazole rings is 1. The summed E-state index contributed by atoms with van der Waals surface area (Å²) in [6, 6.07) is 0.0556. The van der Waals surface area contributed by atoms with Crippen molar-refractivity contribution in [2.24, 2.45) is 0 Å². The number of aromatic amines is 1. The number of H-pyrrole nitrogens is 1. The number of alkyl halides is 1. The van der Waals surface area contributed by atoms with E-state index >= 15 is 0 Å². The van der Waals surface area contributed by atoms with E-state index in [9.17, 15) is 8.42 Å².